The standard InChI is InChI=1S/C15H15NO/c1-3-4-9-15(17)14-10-11(2)12-7-5-6-8-13(12)16-14/h1,5-8,10,15,17H,4,9H2,2H3. The van der Waals surface area contributed by atoms with E-state index in [0.717, 1.165) is 16.5 Å². The van der Waals surface area contributed by atoms with Crippen LogP contribution in [-0.2, 0) is 0 Å². The van der Waals surface area contributed by atoms with Crippen LogP contribution in [0, 0.1) is 19.3 Å². The van der Waals surface area contributed by atoms with Crippen LogP contribution in [0.15, 0.2) is 30.3 Å². The third kappa shape index (κ3) is 2.46. The van der Waals surface area contributed by atoms with E-state index in [4.69, 9.17) is 6.42 Å². The summed E-state index contributed by atoms with van der Waals surface area (Å²) in [6, 6.07) is 9.87. The lowest BCUT2D eigenvalue weighted by molar-refractivity contribution is 0.165. The molecule has 1 N–H and O–H groups in total. The summed E-state index contributed by atoms with van der Waals surface area (Å²) in [6.07, 6.45) is 5.74. The van der Waals surface area contributed by atoms with Gasteiger partial charge in [-0.3, -0.25) is 4.98 Å². The lowest BCUT2D eigenvalue weighted by Crippen LogP contribution is -2.01. The van der Waals surface area contributed by atoms with Crippen LogP contribution in [-0.4, -0.2) is 10.1 Å². The zero-order valence-electron chi connectivity index (χ0n) is 9.85. The molecule has 0 bridgehead atoms. The van der Waals surface area contributed by atoms with Crippen LogP contribution in [0.4, 0.5) is 0 Å². The summed E-state index contributed by atoms with van der Waals surface area (Å²) in [6.45, 7) is 2.03. The molecule has 0 radical (unpaired) electrons. The maximum Gasteiger partial charge on any atom is 0.0969 e. The van der Waals surface area contributed by atoms with Crippen molar-refractivity contribution in [3.05, 3.63) is 41.6 Å². The minimum Gasteiger partial charge on any atom is -0.387 e. The molecule has 2 nitrogen and oxygen atoms in total. The molecule has 0 fully saturated rings. The molecule has 2 rings (SSSR count). The highest BCUT2D eigenvalue weighted by atomic mass is 16.3. The SMILES string of the molecule is C#CCCC(O)c1cc(C)c2ccccc2n1. The number of fused-ring (bicyclic) bond motifs is 1. The molecule has 0 saturated heterocycles. The number of benzene rings is 1. The highest BCUT2D eigenvalue weighted by Crippen LogP contribution is 2.22. The summed E-state index contributed by atoms with van der Waals surface area (Å²) in [5, 5.41) is 11.1. The number of rotatable bonds is 3. The van der Waals surface area contributed by atoms with Gasteiger partial charge >= 0.3 is 0 Å². The molecule has 1 unspecified atom stereocenters. The van der Waals surface area contributed by atoms with Crippen molar-refractivity contribution in [1.29, 1.82) is 0 Å². The Hall–Kier alpha value is -1.85. The van der Waals surface area contributed by atoms with Crippen LogP contribution in [0.5, 0.6) is 0 Å². The van der Waals surface area contributed by atoms with E-state index in [2.05, 4.69) is 10.9 Å². The number of aromatic nitrogens is 1. The Labute approximate surface area is 101 Å². The van der Waals surface area contributed by atoms with Gasteiger partial charge in [-0.25, -0.2) is 0 Å². The molecule has 0 aliphatic heterocycles. The Balaban J connectivity index is 2.40. The van der Waals surface area contributed by atoms with Crippen molar-refractivity contribution in [2.24, 2.45) is 0 Å². The number of aliphatic hydroxyl groups is 1. The fourth-order valence-electron chi connectivity index (χ4n) is 1.91. The molecule has 86 valence electrons. The topological polar surface area (TPSA) is 33.1 Å². The molecule has 1 atom stereocenters. The number of nitrogens with zero attached hydrogens (tertiary/aromatic N) is 1. The van der Waals surface area contributed by atoms with Crippen molar-refractivity contribution in [2.45, 2.75) is 25.9 Å². The second kappa shape index (κ2) is 4.99. The largest absolute Gasteiger partial charge is 0.387 e. The highest BCUT2D eigenvalue weighted by molar-refractivity contribution is 5.82. The van der Waals surface area contributed by atoms with Crippen molar-refractivity contribution >= 4 is 10.9 Å². The van der Waals surface area contributed by atoms with Gasteiger partial charge in [-0.2, -0.15) is 0 Å². The summed E-state index contributed by atoms with van der Waals surface area (Å²) < 4.78 is 0. The van der Waals surface area contributed by atoms with Gasteiger partial charge in [-0.15, -0.1) is 12.3 Å². The average molecular weight is 225 g/mol. The zero-order chi connectivity index (χ0) is 12.3. The molecule has 1 aromatic carbocycles. The lowest BCUT2D eigenvalue weighted by Gasteiger charge is -2.11. The summed E-state index contributed by atoms with van der Waals surface area (Å²) in [4.78, 5) is 4.47. The highest BCUT2D eigenvalue weighted by Gasteiger charge is 2.10. The van der Waals surface area contributed by atoms with Gasteiger partial charge in [0.15, 0.2) is 0 Å². The maximum atomic E-state index is 9.98. The Morgan fingerprint density at radius 3 is 2.94 bits per heavy atom. The first kappa shape index (κ1) is 11.6. The second-order valence-corrected chi connectivity index (χ2v) is 4.14. The minimum absolute atomic E-state index is 0.557. The van der Waals surface area contributed by atoms with Crippen LogP contribution < -0.4 is 0 Å². The number of aliphatic hydroxyl groups excluding tert-OH is 1. The summed E-state index contributed by atoms with van der Waals surface area (Å²) in [5.74, 6) is 2.53. The molecule has 0 aliphatic rings. The molecule has 0 saturated carbocycles. The fourth-order valence-corrected chi connectivity index (χ4v) is 1.91. The van der Waals surface area contributed by atoms with Gasteiger partial charge in [-0.05, 0) is 31.0 Å². The summed E-state index contributed by atoms with van der Waals surface area (Å²) >= 11 is 0. The van der Waals surface area contributed by atoms with E-state index < -0.39 is 6.10 Å². The van der Waals surface area contributed by atoms with Gasteiger partial charge in [0.1, 0.15) is 0 Å². The quantitative estimate of drug-likeness (QED) is 0.814. The molecular weight excluding hydrogens is 210 g/mol. The van der Waals surface area contributed by atoms with Crippen LogP contribution in [0.2, 0.25) is 0 Å². The molecule has 2 heteroatoms. The van der Waals surface area contributed by atoms with Crippen LogP contribution in [0.1, 0.15) is 30.2 Å². The number of para-hydroxylation sites is 1. The third-order valence-electron chi connectivity index (χ3n) is 2.85. The molecule has 0 spiro atoms. The number of aryl methyl sites for hydroxylation is 1. The number of pyridine rings is 1. The molecule has 1 aromatic heterocycles. The van der Waals surface area contributed by atoms with Crippen molar-refractivity contribution in [2.75, 3.05) is 0 Å². The Bertz CT molecular complexity index is 569. The number of hydrogen-bond acceptors (Lipinski definition) is 2. The Morgan fingerprint density at radius 2 is 2.18 bits per heavy atom. The van der Waals surface area contributed by atoms with Gasteiger partial charge in [-0.1, -0.05) is 18.2 Å². The van der Waals surface area contributed by atoms with Crippen molar-refractivity contribution in [1.82, 2.24) is 4.98 Å². The predicted molar refractivity (Wildman–Crippen MR) is 69.5 cm³/mol. The number of terminal acetylenes is 1. The van der Waals surface area contributed by atoms with Crippen molar-refractivity contribution in [3.63, 3.8) is 0 Å². The normalized spacial score (nSPS) is 12.3. The van der Waals surface area contributed by atoms with Crippen molar-refractivity contribution in [3.8, 4) is 12.3 Å². The van der Waals surface area contributed by atoms with Crippen LogP contribution in [0.3, 0.4) is 0 Å². The monoisotopic (exact) mass is 225 g/mol. The van der Waals surface area contributed by atoms with E-state index in [-0.39, 0.29) is 0 Å². The average Bonchev–Trinajstić information content (AvgIpc) is 2.36. The molecule has 0 amide bonds. The fraction of sp³-hybridized carbons (Fsp3) is 0.267. The molecular formula is C15H15NO. The predicted octanol–water partition coefficient (Wildman–Crippen LogP) is 2.99. The summed E-state index contributed by atoms with van der Waals surface area (Å²) in [7, 11) is 0. The van der Waals surface area contributed by atoms with Gasteiger partial charge < -0.3 is 5.11 Å². The van der Waals surface area contributed by atoms with Crippen LogP contribution >= 0.6 is 0 Å². The van der Waals surface area contributed by atoms with Crippen LogP contribution in [0.25, 0.3) is 10.9 Å². The molecule has 0 aliphatic carbocycles. The minimum atomic E-state index is -0.575. The van der Waals surface area contributed by atoms with Gasteiger partial charge in [0.2, 0.25) is 0 Å². The van der Waals surface area contributed by atoms with Gasteiger partial charge in [0.05, 0.1) is 17.3 Å². The van der Waals surface area contributed by atoms with Gasteiger partial charge in [0, 0.05) is 11.8 Å². The third-order valence-corrected chi connectivity index (χ3v) is 2.85. The molecule has 2 aromatic rings. The van der Waals surface area contributed by atoms with E-state index in [1.54, 1.807) is 0 Å². The van der Waals surface area contributed by atoms with Crippen molar-refractivity contribution < 1.29 is 5.11 Å². The maximum absolute atomic E-state index is 9.98. The first-order valence-corrected chi connectivity index (χ1v) is 5.70. The Kier molecular flexibility index (Phi) is 3.41. The van der Waals surface area contributed by atoms with Gasteiger partial charge in [0.25, 0.3) is 0 Å². The molecule has 17 heavy (non-hydrogen) atoms. The summed E-state index contributed by atoms with van der Waals surface area (Å²) in [5.41, 5.74) is 2.75. The second-order valence-electron chi connectivity index (χ2n) is 4.14. The van der Waals surface area contributed by atoms with E-state index in [0.29, 0.717) is 18.5 Å². The zero-order valence-corrected chi connectivity index (χ0v) is 9.85. The molecule has 1 heterocycles. The van der Waals surface area contributed by atoms with E-state index in [1.807, 2.05) is 37.3 Å². The number of hydrogen-bond donors (Lipinski definition) is 1. The first-order valence-electron chi connectivity index (χ1n) is 5.70. The van der Waals surface area contributed by atoms with E-state index in [1.165, 1.54) is 0 Å². The lowest BCUT2D eigenvalue weighted by atomic mass is 10.0. The first-order chi connectivity index (χ1) is 8.22. The smallest absolute Gasteiger partial charge is 0.0969 e. The van der Waals surface area contributed by atoms with E-state index >= 15 is 0 Å². The Morgan fingerprint density at radius 1 is 1.41 bits per heavy atom. The van der Waals surface area contributed by atoms with E-state index in [9.17, 15) is 5.11 Å².